The van der Waals surface area contributed by atoms with Crippen LogP contribution in [0.3, 0.4) is 0 Å². The van der Waals surface area contributed by atoms with Crippen LogP contribution in [0.1, 0.15) is 10.5 Å². The van der Waals surface area contributed by atoms with Crippen molar-refractivity contribution in [1.29, 1.82) is 0 Å². The lowest BCUT2D eigenvalue weighted by Crippen LogP contribution is -2.15. The third-order valence-corrected chi connectivity index (χ3v) is 3.43. The van der Waals surface area contributed by atoms with Crippen LogP contribution in [-0.2, 0) is 0 Å². The highest BCUT2D eigenvalue weighted by Gasteiger charge is 2.14. The quantitative estimate of drug-likeness (QED) is 0.520. The van der Waals surface area contributed by atoms with E-state index in [1.54, 1.807) is 18.2 Å². The summed E-state index contributed by atoms with van der Waals surface area (Å²) in [5, 5.41) is 3.46. The molecule has 0 atom stereocenters. The summed E-state index contributed by atoms with van der Waals surface area (Å²) in [6, 6.07) is 9.13. The lowest BCUT2D eigenvalue weighted by atomic mass is 10.3. The second kappa shape index (κ2) is 7.07. The number of carbonyl (C=O) groups excluding carboxylic acids is 1. The average molecular weight is 306 g/mol. The van der Waals surface area contributed by atoms with E-state index < -0.39 is 0 Å². The Morgan fingerprint density at radius 2 is 2.15 bits per heavy atom. The number of halogens is 1. The van der Waals surface area contributed by atoms with Gasteiger partial charge in [0.1, 0.15) is 0 Å². The number of carbonyl (C=O) groups is 1. The maximum absolute atomic E-state index is 12.1. The summed E-state index contributed by atoms with van der Waals surface area (Å²) in [7, 11) is 0. The molecule has 0 saturated carbocycles. The molecule has 0 aliphatic carbocycles. The van der Waals surface area contributed by atoms with E-state index in [2.05, 4.69) is 21.9 Å². The zero-order chi connectivity index (χ0) is 14.4. The number of nitrogens with zero attached hydrogens (tertiary/aromatic N) is 2. The Balaban J connectivity index is 2.18. The fraction of sp³-hybridized carbons (Fsp3) is 0.0714. The Morgan fingerprint density at radius 3 is 2.85 bits per heavy atom. The average Bonchev–Trinajstić information content (AvgIpc) is 2.47. The van der Waals surface area contributed by atoms with Gasteiger partial charge in [-0.3, -0.25) is 4.79 Å². The lowest BCUT2D eigenvalue weighted by molar-refractivity contribution is 0.102. The van der Waals surface area contributed by atoms with Gasteiger partial charge in [-0.1, -0.05) is 47.6 Å². The molecule has 102 valence electrons. The minimum atomic E-state index is -0.357. The molecule has 2 aromatic rings. The predicted octanol–water partition coefficient (Wildman–Crippen LogP) is 3.66. The Morgan fingerprint density at radius 1 is 1.40 bits per heavy atom. The number of benzene rings is 1. The third-order valence-electron chi connectivity index (χ3n) is 2.30. The van der Waals surface area contributed by atoms with Gasteiger partial charge in [0.25, 0.3) is 5.91 Å². The number of hydrogen-bond acceptors (Lipinski definition) is 4. The Labute approximate surface area is 126 Å². The number of nitrogens with one attached hydrogen (secondary N) is 1. The van der Waals surface area contributed by atoms with Gasteiger partial charge in [0.15, 0.2) is 10.9 Å². The van der Waals surface area contributed by atoms with Crippen molar-refractivity contribution in [2.45, 2.75) is 5.16 Å². The molecule has 20 heavy (non-hydrogen) atoms. The summed E-state index contributed by atoms with van der Waals surface area (Å²) >= 11 is 7.36. The smallest absolute Gasteiger partial charge is 0.275 e. The van der Waals surface area contributed by atoms with Crippen molar-refractivity contribution < 1.29 is 4.79 Å². The number of anilines is 1. The minimum absolute atomic E-state index is 0.164. The first-order valence-corrected chi connectivity index (χ1v) is 7.19. The largest absolute Gasteiger partial charge is 0.321 e. The van der Waals surface area contributed by atoms with Crippen LogP contribution in [0.4, 0.5) is 5.69 Å². The normalized spacial score (nSPS) is 10.1. The van der Waals surface area contributed by atoms with Crippen molar-refractivity contribution >= 4 is 35.0 Å². The third kappa shape index (κ3) is 3.82. The van der Waals surface area contributed by atoms with Gasteiger partial charge in [-0.2, -0.15) is 0 Å². The first kappa shape index (κ1) is 14.6. The van der Waals surface area contributed by atoms with E-state index in [-0.39, 0.29) is 16.6 Å². The number of para-hydroxylation sites is 1. The van der Waals surface area contributed by atoms with E-state index in [9.17, 15) is 4.79 Å². The van der Waals surface area contributed by atoms with Crippen LogP contribution < -0.4 is 5.32 Å². The Hall–Kier alpha value is -1.85. The molecule has 0 unspecified atom stereocenters. The highest BCUT2D eigenvalue weighted by molar-refractivity contribution is 7.99. The molecule has 1 heterocycles. The number of hydrogen-bond donors (Lipinski definition) is 1. The maximum Gasteiger partial charge on any atom is 0.275 e. The monoisotopic (exact) mass is 305 g/mol. The highest BCUT2D eigenvalue weighted by Crippen LogP contribution is 2.19. The predicted molar refractivity (Wildman–Crippen MR) is 82.4 cm³/mol. The van der Waals surface area contributed by atoms with Crippen molar-refractivity contribution in [2.75, 3.05) is 11.1 Å². The summed E-state index contributed by atoms with van der Waals surface area (Å²) in [5.74, 6) is 0.311. The van der Waals surface area contributed by atoms with Gasteiger partial charge in [-0.05, 0) is 12.1 Å². The second-order valence-corrected chi connectivity index (χ2v) is 5.16. The van der Waals surface area contributed by atoms with Gasteiger partial charge < -0.3 is 5.32 Å². The molecule has 2 rings (SSSR count). The topological polar surface area (TPSA) is 54.9 Å². The van der Waals surface area contributed by atoms with Gasteiger partial charge in [-0.15, -0.1) is 6.58 Å². The fourth-order valence-corrected chi connectivity index (χ4v) is 2.15. The van der Waals surface area contributed by atoms with E-state index in [0.717, 1.165) is 0 Å². The van der Waals surface area contributed by atoms with Gasteiger partial charge in [0.05, 0.1) is 11.2 Å². The van der Waals surface area contributed by atoms with E-state index in [1.165, 1.54) is 18.0 Å². The van der Waals surface area contributed by atoms with E-state index >= 15 is 0 Å². The molecule has 0 spiro atoms. The van der Waals surface area contributed by atoms with Crippen LogP contribution in [-0.4, -0.2) is 21.6 Å². The van der Waals surface area contributed by atoms with E-state index in [0.29, 0.717) is 16.6 Å². The molecule has 4 nitrogen and oxygen atoms in total. The van der Waals surface area contributed by atoms with Crippen LogP contribution in [0, 0.1) is 0 Å². The second-order valence-electron chi connectivity index (χ2n) is 3.77. The molecule has 1 amide bonds. The molecule has 1 N–H and O–H groups in total. The molecule has 0 fully saturated rings. The SMILES string of the molecule is C=CCSc1ncc(Cl)c(C(=O)Nc2ccccc2)n1. The zero-order valence-corrected chi connectivity index (χ0v) is 12.1. The van der Waals surface area contributed by atoms with Crippen LogP contribution in [0.25, 0.3) is 0 Å². The van der Waals surface area contributed by atoms with Crippen LogP contribution in [0.5, 0.6) is 0 Å². The summed E-state index contributed by atoms with van der Waals surface area (Å²) in [6.45, 7) is 3.62. The molecule has 0 aliphatic rings. The van der Waals surface area contributed by atoms with Crippen molar-refractivity contribution in [3.05, 3.63) is 59.9 Å². The number of thioether (sulfide) groups is 1. The van der Waals surface area contributed by atoms with Crippen LogP contribution >= 0.6 is 23.4 Å². The standard InChI is InChI=1S/C14H12ClN3OS/c1-2-8-20-14-16-9-11(15)12(18-14)13(19)17-10-6-4-3-5-7-10/h2-7,9H,1,8H2,(H,17,19). The summed E-state index contributed by atoms with van der Waals surface area (Å²) in [5.41, 5.74) is 0.851. The van der Waals surface area contributed by atoms with Gasteiger partial charge in [0, 0.05) is 11.4 Å². The first-order chi connectivity index (χ1) is 9.70. The first-order valence-electron chi connectivity index (χ1n) is 5.83. The fourth-order valence-electron chi connectivity index (χ4n) is 1.42. The molecule has 0 radical (unpaired) electrons. The van der Waals surface area contributed by atoms with Crippen molar-refractivity contribution in [3.63, 3.8) is 0 Å². The van der Waals surface area contributed by atoms with Gasteiger partial charge in [-0.25, -0.2) is 9.97 Å². The zero-order valence-electron chi connectivity index (χ0n) is 10.5. The lowest BCUT2D eigenvalue weighted by Gasteiger charge is -2.06. The van der Waals surface area contributed by atoms with Crippen molar-refractivity contribution in [3.8, 4) is 0 Å². The minimum Gasteiger partial charge on any atom is -0.321 e. The molecular formula is C14H12ClN3OS. The molecule has 0 bridgehead atoms. The molecule has 1 aromatic heterocycles. The highest BCUT2D eigenvalue weighted by atomic mass is 35.5. The van der Waals surface area contributed by atoms with Gasteiger partial charge in [0.2, 0.25) is 0 Å². The number of aromatic nitrogens is 2. The summed E-state index contributed by atoms with van der Waals surface area (Å²) in [6.07, 6.45) is 3.17. The van der Waals surface area contributed by atoms with E-state index in [1.807, 2.05) is 18.2 Å². The maximum atomic E-state index is 12.1. The van der Waals surface area contributed by atoms with Crippen molar-refractivity contribution in [1.82, 2.24) is 9.97 Å². The molecule has 0 saturated heterocycles. The van der Waals surface area contributed by atoms with E-state index in [4.69, 9.17) is 11.6 Å². The molecule has 6 heteroatoms. The molecule has 1 aromatic carbocycles. The number of amides is 1. The van der Waals surface area contributed by atoms with Crippen LogP contribution in [0.15, 0.2) is 54.3 Å². The Kier molecular flexibility index (Phi) is 5.15. The summed E-state index contributed by atoms with van der Waals surface area (Å²) < 4.78 is 0. The molecule has 0 aliphatic heterocycles. The number of rotatable bonds is 5. The summed E-state index contributed by atoms with van der Waals surface area (Å²) in [4.78, 5) is 20.4. The van der Waals surface area contributed by atoms with Gasteiger partial charge >= 0.3 is 0 Å². The van der Waals surface area contributed by atoms with Crippen LogP contribution in [0.2, 0.25) is 5.02 Å². The Bertz CT molecular complexity index is 619. The molecular weight excluding hydrogens is 294 g/mol. The van der Waals surface area contributed by atoms with Crippen molar-refractivity contribution in [2.24, 2.45) is 0 Å².